The standard InChI is InChI=1S/C17H21NO6/c1-3-8-23-16(19)15-9-14(10-18(15)17(20)21)24-11-12-4-6-13(22-2)7-5-12/h3-7,14-15H,1,8-11H2,2H3,(H,20,21)/t14-,15+/m1/s1. The number of methoxy groups -OCH3 is 1. The highest BCUT2D eigenvalue weighted by atomic mass is 16.5. The zero-order valence-electron chi connectivity index (χ0n) is 13.5. The summed E-state index contributed by atoms with van der Waals surface area (Å²) in [5, 5.41) is 9.25. The molecular weight excluding hydrogens is 314 g/mol. The Morgan fingerprint density at radius 1 is 1.38 bits per heavy atom. The van der Waals surface area contributed by atoms with E-state index in [4.69, 9.17) is 14.2 Å². The van der Waals surface area contributed by atoms with Gasteiger partial charge in [0.2, 0.25) is 0 Å². The van der Waals surface area contributed by atoms with Crippen LogP contribution in [-0.2, 0) is 20.9 Å². The van der Waals surface area contributed by atoms with Crippen LogP contribution in [0.15, 0.2) is 36.9 Å². The van der Waals surface area contributed by atoms with Gasteiger partial charge in [-0.2, -0.15) is 0 Å². The number of likely N-dealkylation sites (tertiary alicyclic amines) is 1. The summed E-state index contributed by atoms with van der Waals surface area (Å²) in [5.74, 6) is 0.176. The van der Waals surface area contributed by atoms with Gasteiger partial charge in [-0.3, -0.25) is 4.90 Å². The second-order valence-corrected chi connectivity index (χ2v) is 5.39. The number of esters is 1. The van der Waals surface area contributed by atoms with E-state index in [9.17, 15) is 14.7 Å². The Hall–Kier alpha value is -2.54. The molecule has 0 unspecified atom stereocenters. The first-order valence-corrected chi connectivity index (χ1v) is 7.56. The van der Waals surface area contributed by atoms with Crippen molar-refractivity contribution in [1.29, 1.82) is 0 Å². The molecule has 0 spiro atoms. The molecule has 0 radical (unpaired) electrons. The first-order valence-electron chi connectivity index (χ1n) is 7.56. The molecule has 0 aromatic heterocycles. The Labute approximate surface area is 140 Å². The van der Waals surface area contributed by atoms with Crippen LogP contribution in [0, 0.1) is 0 Å². The Morgan fingerprint density at radius 3 is 2.67 bits per heavy atom. The number of nitrogens with zero attached hydrogens (tertiary/aromatic N) is 1. The molecule has 7 nitrogen and oxygen atoms in total. The van der Waals surface area contributed by atoms with Crippen molar-refractivity contribution in [3.05, 3.63) is 42.5 Å². The van der Waals surface area contributed by atoms with E-state index in [2.05, 4.69) is 6.58 Å². The van der Waals surface area contributed by atoms with Crippen LogP contribution in [0.3, 0.4) is 0 Å². The highest BCUT2D eigenvalue weighted by Gasteiger charge is 2.41. The lowest BCUT2D eigenvalue weighted by Gasteiger charge is -2.18. The van der Waals surface area contributed by atoms with Crippen LogP contribution in [-0.4, -0.2) is 54.5 Å². The zero-order valence-corrected chi connectivity index (χ0v) is 13.5. The van der Waals surface area contributed by atoms with Crippen LogP contribution in [0.4, 0.5) is 4.79 Å². The van der Waals surface area contributed by atoms with Gasteiger partial charge in [-0.25, -0.2) is 9.59 Å². The molecular formula is C17H21NO6. The van der Waals surface area contributed by atoms with E-state index in [0.717, 1.165) is 16.2 Å². The van der Waals surface area contributed by atoms with Gasteiger partial charge in [-0.05, 0) is 17.7 Å². The second kappa shape index (κ2) is 8.35. The molecule has 1 aromatic carbocycles. The predicted molar refractivity (Wildman–Crippen MR) is 85.9 cm³/mol. The fourth-order valence-electron chi connectivity index (χ4n) is 2.53. The minimum Gasteiger partial charge on any atom is -0.497 e. The van der Waals surface area contributed by atoms with Crippen LogP contribution in [0.2, 0.25) is 0 Å². The van der Waals surface area contributed by atoms with Crippen molar-refractivity contribution in [3.8, 4) is 5.75 Å². The second-order valence-electron chi connectivity index (χ2n) is 5.39. The van der Waals surface area contributed by atoms with Crippen LogP contribution >= 0.6 is 0 Å². The number of benzene rings is 1. The largest absolute Gasteiger partial charge is 0.497 e. The third kappa shape index (κ3) is 4.48. The lowest BCUT2D eigenvalue weighted by molar-refractivity contribution is -0.147. The number of ether oxygens (including phenoxy) is 3. The number of carboxylic acid groups (broad SMARTS) is 1. The minimum atomic E-state index is -1.16. The van der Waals surface area contributed by atoms with E-state index < -0.39 is 18.1 Å². The number of amides is 1. The van der Waals surface area contributed by atoms with E-state index in [1.54, 1.807) is 7.11 Å². The summed E-state index contributed by atoms with van der Waals surface area (Å²) in [5.41, 5.74) is 0.940. The number of rotatable bonds is 7. The number of carbonyl (C=O) groups is 2. The molecule has 1 saturated heterocycles. The van der Waals surface area contributed by atoms with Gasteiger partial charge in [0, 0.05) is 6.42 Å². The fraction of sp³-hybridized carbons (Fsp3) is 0.412. The van der Waals surface area contributed by atoms with Gasteiger partial charge in [0.1, 0.15) is 18.4 Å². The summed E-state index contributed by atoms with van der Waals surface area (Å²) < 4.78 is 15.8. The maximum Gasteiger partial charge on any atom is 0.408 e. The Bertz CT molecular complexity index is 585. The van der Waals surface area contributed by atoms with E-state index in [1.807, 2.05) is 24.3 Å². The highest BCUT2D eigenvalue weighted by molar-refractivity contribution is 5.81. The lowest BCUT2D eigenvalue weighted by atomic mass is 10.2. The molecule has 0 aliphatic carbocycles. The van der Waals surface area contributed by atoms with Crippen molar-refractivity contribution in [3.63, 3.8) is 0 Å². The molecule has 1 aliphatic heterocycles. The van der Waals surface area contributed by atoms with Crippen molar-refractivity contribution >= 4 is 12.1 Å². The molecule has 1 aliphatic rings. The normalized spacial score (nSPS) is 19.8. The molecule has 1 amide bonds. The average Bonchev–Trinajstić information content (AvgIpc) is 3.03. The van der Waals surface area contributed by atoms with Crippen LogP contribution in [0.1, 0.15) is 12.0 Å². The zero-order chi connectivity index (χ0) is 17.5. The molecule has 0 bridgehead atoms. The molecule has 1 N–H and O–H groups in total. The van der Waals surface area contributed by atoms with Crippen molar-refractivity contribution in [1.82, 2.24) is 4.90 Å². The van der Waals surface area contributed by atoms with E-state index >= 15 is 0 Å². The molecule has 2 atom stereocenters. The van der Waals surface area contributed by atoms with Crippen LogP contribution in [0.25, 0.3) is 0 Å². The van der Waals surface area contributed by atoms with Gasteiger partial charge < -0.3 is 19.3 Å². The van der Waals surface area contributed by atoms with E-state index in [0.29, 0.717) is 6.61 Å². The summed E-state index contributed by atoms with van der Waals surface area (Å²) in [6.07, 6.45) is 0.198. The van der Waals surface area contributed by atoms with Gasteiger partial charge in [0.05, 0.1) is 26.4 Å². The number of hydrogen-bond acceptors (Lipinski definition) is 5. The maximum absolute atomic E-state index is 12.0. The summed E-state index contributed by atoms with van der Waals surface area (Å²) in [4.78, 5) is 24.3. The Kier molecular flexibility index (Phi) is 6.20. The number of carbonyl (C=O) groups excluding carboxylic acids is 1. The van der Waals surface area contributed by atoms with Gasteiger partial charge in [-0.15, -0.1) is 0 Å². The fourth-order valence-corrected chi connectivity index (χ4v) is 2.53. The summed E-state index contributed by atoms with van der Waals surface area (Å²) in [6.45, 7) is 3.99. The first-order chi connectivity index (χ1) is 11.5. The molecule has 1 heterocycles. The van der Waals surface area contributed by atoms with Gasteiger partial charge in [-0.1, -0.05) is 24.8 Å². The van der Waals surface area contributed by atoms with Crippen molar-refractivity contribution in [2.24, 2.45) is 0 Å². The van der Waals surface area contributed by atoms with Gasteiger partial charge in [0.25, 0.3) is 0 Å². The van der Waals surface area contributed by atoms with Crippen LogP contribution in [0.5, 0.6) is 5.75 Å². The third-order valence-electron chi connectivity index (χ3n) is 3.77. The SMILES string of the molecule is C=CCOC(=O)[C@@H]1C[C@@H](OCc2ccc(OC)cc2)CN1C(=O)O. The van der Waals surface area contributed by atoms with Crippen molar-refractivity contribution < 1.29 is 28.9 Å². The summed E-state index contributed by atoms with van der Waals surface area (Å²) in [6, 6.07) is 6.55. The topological polar surface area (TPSA) is 85.3 Å². The van der Waals surface area contributed by atoms with E-state index in [-0.39, 0.29) is 25.7 Å². The van der Waals surface area contributed by atoms with Crippen LogP contribution < -0.4 is 4.74 Å². The highest BCUT2D eigenvalue weighted by Crippen LogP contribution is 2.23. The minimum absolute atomic E-state index is 0.0557. The smallest absolute Gasteiger partial charge is 0.408 e. The molecule has 2 rings (SSSR count). The Morgan fingerprint density at radius 2 is 2.08 bits per heavy atom. The molecule has 24 heavy (non-hydrogen) atoms. The molecule has 130 valence electrons. The Balaban J connectivity index is 1.92. The van der Waals surface area contributed by atoms with E-state index in [1.165, 1.54) is 6.08 Å². The predicted octanol–water partition coefficient (Wildman–Crippen LogP) is 2.06. The average molecular weight is 335 g/mol. The maximum atomic E-state index is 12.0. The van der Waals surface area contributed by atoms with Crippen molar-refractivity contribution in [2.75, 3.05) is 20.3 Å². The third-order valence-corrected chi connectivity index (χ3v) is 3.77. The molecule has 1 aromatic rings. The monoisotopic (exact) mass is 335 g/mol. The van der Waals surface area contributed by atoms with Gasteiger partial charge >= 0.3 is 12.1 Å². The summed E-state index contributed by atoms with van der Waals surface area (Å²) >= 11 is 0. The van der Waals surface area contributed by atoms with Gasteiger partial charge in [0.15, 0.2) is 0 Å². The lowest BCUT2D eigenvalue weighted by Crippen LogP contribution is -2.40. The molecule has 7 heteroatoms. The summed E-state index contributed by atoms with van der Waals surface area (Å²) in [7, 11) is 1.59. The first kappa shape index (κ1) is 17.8. The van der Waals surface area contributed by atoms with Crippen molar-refractivity contribution in [2.45, 2.75) is 25.2 Å². The number of hydrogen-bond donors (Lipinski definition) is 1. The molecule has 0 saturated carbocycles. The quantitative estimate of drug-likeness (QED) is 0.606. The molecule has 1 fully saturated rings.